The van der Waals surface area contributed by atoms with Crippen molar-refractivity contribution in [2.75, 3.05) is 0 Å². The molecule has 3 fully saturated rings. The average molecular weight is 252 g/mol. The second kappa shape index (κ2) is 3.72. The predicted molar refractivity (Wildman–Crippen MR) is 68.2 cm³/mol. The van der Waals surface area contributed by atoms with Crippen molar-refractivity contribution in [3.63, 3.8) is 0 Å². The fraction of sp³-hybridized carbons (Fsp3) is 0.933. The van der Waals surface area contributed by atoms with Crippen molar-refractivity contribution in [3.8, 4) is 0 Å². The summed E-state index contributed by atoms with van der Waals surface area (Å²) in [5.74, 6) is 0.233. The lowest BCUT2D eigenvalue weighted by molar-refractivity contribution is -0.152. The molecule has 2 saturated carbocycles. The molecule has 2 aliphatic carbocycles. The van der Waals surface area contributed by atoms with Crippen LogP contribution in [0.4, 0.5) is 0 Å². The topological polar surface area (TPSA) is 49.8 Å². The molecule has 3 nitrogen and oxygen atoms in total. The summed E-state index contributed by atoms with van der Waals surface area (Å²) >= 11 is 0. The smallest absolute Gasteiger partial charge is 0.306 e. The summed E-state index contributed by atoms with van der Waals surface area (Å²) in [4.78, 5) is 11.5. The van der Waals surface area contributed by atoms with Crippen LogP contribution in [-0.4, -0.2) is 22.8 Å². The highest BCUT2D eigenvalue weighted by Gasteiger charge is 2.58. The van der Waals surface area contributed by atoms with Crippen molar-refractivity contribution < 1.29 is 14.6 Å². The van der Waals surface area contributed by atoms with Gasteiger partial charge >= 0.3 is 5.97 Å². The molecule has 1 saturated heterocycles. The van der Waals surface area contributed by atoms with Crippen molar-refractivity contribution in [1.82, 2.24) is 0 Å². The Bertz CT molecular complexity index is 376. The maximum absolute atomic E-state index is 11.5. The first-order valence-electron chi connectivity index (χ1n) is 7.24. The molecule has 0 bridgehead atoms. The second-order valence-electron chi connectivity index (χ2n) is 7.44. The number of carboxylic acids is 1. The lowest BCUT2D eigenvalue weighted by atomic mass is 9.50. The Morgan fingerprint density at radius 1 is 1.22 bits per heavy atom. The van der Waals surface area contributed by atoms with Gasteiger partial charge in [0.15, 0.2) is 0 Å². The van der Waals surface area contributed by atoms with E-state index in [2.05, 4.69) is 20.8 Å². The van der Waals surface area contributed by atoms with Gasteiger partial charge in [-0.05, 0) is 56.3 Å². The van der Waals surface area contributed by atoms with E-state index in [1.807, 2.05) is 0 Å². The highest BCUT2D eigenvalue weighted by atomic mass is 16.6. The second-order valence-corrected chi connectivity index (χ2v) is 7.44. The van der Waals surface area contributed by atoms with Crippen LogP contribution in [0.5, 0.6) is 0 Å². The molecule has 3 heteroatoms. The van der Waals surface area contributed by atoms with Gasteiger partial charge in [0.25, 0.3) is 0 Å². The third kappa shape index (κ3) is 1.78. The number of hydrogen-bond donors (Lipinski definition) is 1. The van der Waals surface area contributed by atoms with Crippen molar-refractivity contribution in [1.29, 1.82) is 0 Å². The molecule has 5 atom stereocenters. The van der Waals surface area contributed by atoms with Gasteiger partial charge in [-0.15, -0.1) is 0 Å². The van der Waals surface area contributed by atoms with E-state index in [4.69, 9.17) is 4.74 Å². The number of ether oxygens (including phenoxy) is 1. The van der Waals surface area contributed by atoms with Gasteiger partial charge in [-0.25, -0.2) is 0 Å². The first-order valence-corrected chi connectivity index (χ1v) is 7.24. The third-order valence-corrected chi connectivity index (χ3v) is 5.84. The Labute approximate surface area is 109 Å². The van der Waals surface area contributed by atoms with Gasteiger partial charge in [-0.2, -0.15) is 0 Å². The van der Waals surface area contributed by atoms with Gasteiger partial charge in [-0.3, -0.25) is 4.79 Å². The van der Waals surface area contributed by atoms with Gasteiger partial charge in [0.05, 0.1) is 17.6 Å². The van der Waals surface area contributed by atoms with Gasteiger partial charge in [0.2, 0.25) is 0 Å². The Balaban J connectivity index is 1.81. The van der Waals surface area contributed by atoms with Gasteiger partial charge in [0, 0.05) is 0 Å². The summed E-state index contributed by atoms with van der Waals surface area (Å²) in [6.07, 6.45) is 5.36. The molecule has 0 aromatic rings. The minimum Gasteiger partial charge on any atom is -0.481 e. The first kappa shape index (κ1) is 12.5. The summed E-state index contributed by atoms with van der Waals surface area (Å²) in [6, 6.07) is 0. The Kier molecular flexibility index (Phi) is 2.58. The molecule has 1 aliphatic heterocycles. The molecule has 1 N–H and O–H groups in total. The zero-order valence-corrected chi connectivity index (χ0v) is 11.6. The van der Waals surface area contributed by atoms with Crippen LogP contribution in [-0.2, 0) is 9.53 Å². The zero-order chi connectivity index (χ0) is 13.1. The van der Waals surface area contributed by atoms with Crippen molar-refractivity contribution >= 4 is 5.97 Å². The molecular formula is C15H24O3. The fourth-order valence-electron chi connectivity index (χ4n) is 4.52. The maximum Gasteiger partial charge on any atom is 0.306 e. The van der Waals surface area contributed by atoms with Crippen LogP contribution < -0.4 is 0 Å². The number of hydrogen-bond acceptors (Lipinski definition) is 2. The average Bonchev–Trinajstić information content (AvgIpc) is 2.86. The van der Waals surface area contributed by atoms with Gasteiger partial charge < -0.3 is 9.84 Å². The molecule has 0 unspecified atom stereocenters. The number of carboxylic acid groups (broad SMARTS) is 1. The Morgan fingerprint density at radius 3 is 2.56 bits per heavy atom. The number of aliphatic carboxylic acids is 1. The largest absolute Gasteiger partial charge is 0.481 e. The minimum absolute atomic E-state index is 0.0591. The molecule has 3 aliphatic rings. The third-order valence-electron chi connectivity index (χ3n) is 5.84. The lowest BCUT2D eigenvalue weighted by Crippen LogP contribution is -2.49. The van der Waals surface area contributed by atoms with Crippen molar-refractivity contribution in [2.45, 2.75) is 64.6 Å². The molecule has 0 aromatic carbocycles. The summed E-state index contributed by atoms with van der Waals surface area (Å²) in [5.41, 5.74) is 0.382. The molecule has 0 amide bonds. The molecule has 0 spiro atoms. The van der Waals surface area contributed by atoms with E-state index in [0.717, 1.165) is 32.1 Å². The van der Waals surface area contributed by atoms with E-state index in [1.165, 1.54) is 0 Å². The molecule has 0 radical (unpaired) electrons. The van der Waals surface area contributed by atoms with Gasteiger partial charge in [-0.1, -0.05) is 13.8 Å². The molecule has 102 valence electrons. The van der Waals surface area contributed by atoms with E-state index in [0.29, 0.717) is 23.4 Å². The number of rotatable bonds is 1. The Hall–Kier alpha value is -0.570. The molecule has 1 heterocycles. The number of fused-ring (bicyclic) bond motifs is 2. The highest BCUT2D eigenvalue weighted by Crippen LogP contribution is 2.59. The first-order chi connectivity index (χ1) is 8.33. The number of epoxide rings is 1. The Morgan fingerprint density at radius 2 is 1.94 bits per heavy atom. The standard InChI is InChI=1S/C15H24O3/c1-14(2)8-10-9(13(16)17)4-5-12-15(3,18-12)7-6-11(10)14/h9-12H,4-8H2,1-3H3,(H,16,17)/t9-,10-,11-,12+,15-/m1/s1. The molecular weight excluding hydrogens is 228 g/mol. The summed E-state index contributed by atoms with van der Waals surface area (Å²) in [5, 5.41) is 9.46. The van der Waals surface area contributed by atoms with Crippen molar-refractivity contribution in [2.24, 2.45) is 23.2 Å². The molecule has 0 aromatic heterocycles. The van der Waals surface area contributed by atoms with E-state index < -0.39 is 5.97 Å². The lowest BCUT2D eigenvalue weighted by Gasteiger charge is -2.54. The van der Waals surface area contributed by atoms with E-state index in [-0.39, 0.29) is 11.5 Å². The SMILES string of the molecule is CC1(C)C[C@H]2[C@H]1CC[C@@]1(C)O[C@H]1CC[C@H]2C(=O)O. The summed E-state index contributed by atoms with van der Waals surface area (Å²) in [7, 11) is 0. The van der Waals surface area contributed by atoms with Crippen LogP contribution in [0, 0.1) is 23.2 Å². The van der Waals surface area contributed by atoms with Crippen LogP contribution in [0.15, 0.2) is 0 Å². The van der Waals surface area contributed by atoms with Crippen LogP contribution in [0.2, 0.25) is 0 Å². The zero-order valence-electron chi connectivity index (χ0n) is 11.6. The highest BCUT2D eigenvalue weighted by molar-refractivity contribution is 5.70. The van der Waals surface area contributed by atoms with Gasteiger partial charge in [0.1, 0.15) is 0 Å². The van der Waals surface area contributed by atoms with Crippen LogP contribution in [0.25, 0.3) is 0 Å². The quantitative estimate of drug-likeness (QED) is 0.730. The normalized spacial score (nSPS) is 49.7. The van der Waals surface area contributed by atoms with E-state index >= 15 is 0 Å². The van der Waals surface area contributed by atoms with Crippen LogP contribution in [0.1, 0.15) is 52.9 Å². The monoisotopic (exact) mass is 252 g/mol. The summed E-state index contributed by atoms with van der Waals surface area (Å²) in [6.45, 7) is 6.77. The van der Waals surface area contributed by atoms with Crippen LogP contribution >= 0.6 is 0 Å². The number of carbonyl (C=O) groups is 1. The van der Waals surface area contributed by atoms with E-state index in [9.17, 15) is 9.90 Å². The van der Waals surface area contributed by atoms with E-state index in [1.54, 1.807) is 0 Å². The predicted octanol–water partition coefficient (Wildman–Crippen LogP) is 3.08. The van der Waals surface area contributed by atoms with Crippen molar-refractivity contribution in [3.05, 3.63) is 0 Å². The minimum atomic E-state index is -0.593. The fourth-order valence-corrected chi connectivity index (χ4v) is 4.52. The maximum atomic E-state index is 11.5. The summed E-state index contributed by atoms with van der Waals surface area (Å²) < 4.78 is 5.79. The van der Waals surface area contributed by atoms with Crippen LogP contribution in [0.3, 0.4) is 0 Å². The molecule has 18 heavy (non-hydrogen) atoms. The molecule has 3 rings (SSSR count).